The molecule has 6 heteroatoms. The van der Waals surface area contributed by atoms with Gasteiger partial charge in [0.05, 0.1) is 24.0 Å². The highest BCUT2D eigenvalue weighted by molar-refractivity contribution is 5.92. The highest BCUT2D eigenvalue weighted by Crippen LogP contribution is 2.30. The van der Waals surface area contributed by atoms with Crippen molar-refractivity contribution in [3.8, 4) is 17.1 Å². The van der Waals surface area contributed by atoms with Crippen LogP contribution in [0.25, 0.3) is 22.3 Å². The van der Waals surface area contributed by atoms with Crippen molar-refractivity contribution in [3.05, 3.63) is 30.3 Å². The number of carbonyl (C=O) groups is 1. The molecule has 2 heterocycles. The maximum absolute atomic E-state index is 12.2. The number of fused-ring (bicyclic) bond motifs is 1. The van der Waals surface area contributed by atoms with Gasteiger partial charge in [-0.25, -0.2) is 0 Å². The van der Waals surface area contributed by atoms with Gasteiger partial charge in [-0.3, -0.25) is 9.89 Å². The van der Waals surface area contributed by atoms with Gasteiger partial charge < -0.3 is 14.6 Å². The minimum absolute atomic E-state index is 0.00525. The Hall–Kier alpha value is -2.76. The molecule has 1 aromatic carbocycles. The van der Waals surface area contributed by atoms with E-state index in [-0.39, 0.29) is 11.8 Å². The third-order valence-corrected chi connectivity index (χ3v) is 4.70. The topological polar surface area (TPSA) is 71.9 Å². The van der Waals surface area contributed by atoms with Crippen LogP contribution in [0, 0.1) is 5.92 Å². The van der Waals surface area contributed by atoms with E-state index >= 15 is 0 Å². The van der Waals surface area contributed by atoms with Gasteiger partial charge in [-0.2, -0.15) is 5.10 Å². The number of hydrogen-bond donors (Lipinski definition) is 2. The molecule has 1 atom stereocenters. The molecule has 0 unspecified atom stereocenters. The van der Waals surface area contributed by atoms with Crippen LogP contribution in [-0.2, 0) is 11.3 Å². The standard InChI is InChI=1S/C20H26N4O2/c1-5-7-13(3)20(25)21-19-12-16(22-23-19)18-10-14-8-9-15(26-4)11-17(14)24(18)6-2/h8-13H,5-7H2,1-4H3,(H2,21,22,23,25)/t13-/m1/s1. The molecule has 6 nitrogen and oxygen atoms in total. The number of aryl methyl sites for hydroxylation is 1. The van der Waals surface area contributed by atoms with E-state index in [2.05, 4.69) is 46.1 Å². The number of nitrogens with one attached hydrogen (secondary N) is 2. The number of aromatic nitrogens is 3. The number of H-pyrrole nitrogens is 1. The Labute approximate surface area is 153 Å². The fourth-order valence-electron chi connectivity index (χ4n) is 3.26. The largest absolute Gasteiger partial charge is 0.497 e. The molecule has 0 aliphatic rings. The zero-order valence-corrected chi connectivity index (χ0v) is 15.8. The van der Waals surface area contributed by atoms with E-state index in [1.165, 1.54) is 0 Å². The molecule has 0 spiro atoms. The Morgan fingerprint density at radius 2 is 2.12 bits per heavy atom. The van der Waals surface area contributed by atoms with Gasteiger partial charge in [0, 0.05) is 30.0 Å². The lowest BCUT2D eigenvalue weighted by Gasteiger charge is -2.08. The summed E-state index contributed by atoms with van der Waals surface area (Å²) in [6.45, 7) is 6.94. The average Bonchev–Trinajstić information content (AvgIpc) is 3.24. The van der Waals surface area contributed by atoms with Crippen molar-refractivity contribution in [1.82, 2.24) is 14.8 Å². The molecule has 3 aromatic rings. The van der Waals surface area contributed by atoms with Crippen molar-refractivity contribution < 1.29 is 9.53 Å². The van der Waals surface area contributed by atoms with Crippen LogP contribution < -0.4 is 10.1 Å². The van der Waals surface area contributed by atoms with Gasteiger partial charge >= 0.3 is 0 Å². The van der Waals surface area contributed by atoms with Gasteiger partial charge in [0.25, 0.3) is 0 Å². The van der Waals surface area contributed by atoms with Crippen LogP contribution in [0.15, 0.2) is 30.3 Å². The second-order valence-electron chi connectivity index (χ2n) is 6.54. The third kappa shape index (κ3) is 3.45. The monoisotopic (exact) mass is 354 g/mol. The molecule has 0 radical (unpaired) electrons. The predicted octanol–water partition coefficient (Wildman–Crippen LogP) is 4.43. The van der Waals surface area contributed by atoms with Crippen molar-refractivity contribution in [2.45, 2.75) is 40.2 Å². The van der Waals surface area contributed by atoms with E-state index in [1.807, 2.05) is 25.1 Å². The Kier molecular flexibility index (Phi) is 5.30. The molecule has 3 rings (SSSR count). The van der Waals surface area contributed by atoms with Crippen molar-refractivity contribution in [2.24, 2.45) is 5.92 Å². The van der Waals surface area contributed by atoms with Gasteiger partial charge in [-0.05, 0) is 31.5 Å². The molecule has 0 bridgehead atoms. The first-order valence-electron chi connectivity index (χ1n) is 9.11. The van der Waals surface area contributed by atoms with Crippen molar-refractivity contribution >= 4 is 22.6 Å². The van der Waals surface area contributed by atoms with E-state index in [4.69, 9.17) is 4.74 Å². The number of rotatable bonds is 7. The number of aromatic amines is 1. The zero-order valence-electron chi connectivity index (χ0n) is 15.8. The fraction of sp³-hybridized carbons (Fsp3) is 0.400. The summed E-state index contributed by atoms with van der Waals surface area (Å²) in [5.74, 6) is 1.37. The maximum atomic E-state index is 12.2. The Balaban J connectivity index is 1.90. The summed E-state index contributed by atoms with van der Waals surface area (Å²) >= 11 is 0. The second-order valence-corrected chi connectivity index (χ2v) is 6.54. The predicted molar refractivity (Wildman–Crippen MR) is 104 cm³/mol. The van der Waals surface area contributed by atoms with Gasteiger partial charge in [0.15, 0.2) is 5.82 Å². The molecule has 138 valence electrons. The maximum Gasteiger partial charge on any atom is 0.228 e. The number of benzene rings is 1. The summed E-state index contributed by atoms with van der Waals surface area (Å²) in [5.41, 5.74) is 3.02. The van der Waals surface area contributed by atoms with Crippen molar-refractivity contribution in [3.63, 3.8) is 0 Å². The molecule has 0 fully saturated rings. The molecule has 0 saturated carbocycles. The Bertz CT molecular complexity index is 910. The van der Waals surface area contributed by atoms with Crippen LogP contribution in [-0.4, -0.2) is 27.8 Å². The van der Waals surface area contributed by atoms with Crippen LogP contribution in [0.3, 0.4) is 0 Å². The molecule has 0 aliphatic heterocycles. The van der Waals surface area contributed by atoms with E-state index in [0.717, 1.165) is 47.4 Å². The molecule has 0 aliphatic carbocycles. The van der Waals surface area contributed by atoms with Gasteiger partial charge in [-0.1, -0.05) is 20.3 Å². The smallest absolute Gasteiger partial charge is 0.228 e. The molecule has 0 saturated heterocycles. The number of nitrogens with zero attached hydrogens (tertiary/aromatic N) is 2. The number of anilines is 1. The number of ether oxygens (including phenoxy) is 1. The van der Waals surface area contributed by atoms with Crippen LogP contribution in [0.1, 0.15) is 33.6 Å². The summed E-state index contributed by atoms with van der Waals surface area (Å²) in [6.07, 6.45) is 1.86. The highest BCUT2D eigenvalue weighted by Gasteiger charge is 2.16. The molecule has 1 amide bonds. The first-order valence-corrected chi connectivity index (χ1v) is 9.11. The number of amides is 1. The summed E-state index contributed by atoms with van der Waals surface area (Å²) in [4.78, 5) is 12.2. The lowest BCUT2D eigenvalue weighted by atomic mass is 10.1. The molecule has 26 heavy (non-hydrogen) atoms. The number of carbonyl (C=O) groups excluding carboxylic acids is 1. The lowest BCUT2D eigenvalue weighted by molar-refractivity contribution is -0.119. The fourth-order valence-corrected chi connectivity index (χ4v) is 3.26. The molecular formula is C20H26N4O2. The molecular weight excluding hydrogens is 328 g/mol. The second kappa shape index (κ2) is 7.64. The summed E-state index contributed by atoms with van der Waals surface area (Å²) < 4.78 is 7.55. The quantitative estimate of drug-likeness (QED) is 0.659. The van der Waals surface area contributed by atoms with Gasteiger partial charge in [0.2, 0.25) is 5.91 Å². The number of methoxy groups -OCH3 is 1. The summed E-state index contributed by atoms with van der Waals surface area (Å²) in [5, 5.41) is 11.3. The van der Waals surface area contributed by atoms with E-state index < -0.39 is 0 Å². The normalized spacial score (nSPS) is 12.3. The Morgan fingerprint density at radius 1 is 1.31 bits per heavy atom. The SMILES string of the molecule is CCC[C@@H](C)C(=O)Nc1cc(-c2cc3ccc(OC)cc3n2CC)[nH]n1. The van der Waals surface area contributed by atoms with Crippen LogP contribution in [0.5, 0.6) is 5.75 Å². The summed E-state index contributed by atoms with van der Waals surface area (Å²) in [6, 6.07) is 10.0. The minimum atomic E-state index is -0.0188. The van der Waals surface area contributed by atoms with Crippen LogP contribution >= 0.6 is 0 Å². The molecule has 2 aromatic heterocycles. The zero-order chi connectivity index (χ0) is 18.7. The molecule has 2 N–H and O–H groups in total. The van der Waals surface area contributed by atoms with Gasteiger partial charge in [-0.15, -0.1) is 0 Å². The van der Waals surface area contributed by atoms with Crippen LogP contribution in [0.4, 0.5) is 5.82 Å². The van der Waals surface area contributed by atoms with E-state index in [1.54, 1.807) is 7.11 Å². The minimum Gasteiger partial charge on any atom is -0.497 e. The van der Waals surface area contributed by atoms with Crippen LogP contribution in [0.2, 0.25) is 0 Å². The Morgan fingerprint density at radius 3 is 2.81 bits per heavy atom. The van der Waals surface area contributed by atoms with E-state index in [0.29, 0.717) is 5.82 Å². The lowest BCUT2D eigenvalue weighted by Crippen LogP contribution is -2.20. The van der Waals surface area contributed by atoms with E-state index in [9.17, 15) is 4.79 Å². The first-order chi connectivity index (χ1) is 12.6. The highest BCUT2D eigenvalue weighted by atomic mass is 16.5. The van der Waals surface area contributed by atoms with Gasteiger partial charge in [0.1, 0.15) is 5.75 Å². The van der Waals surface area contributed by atoms with Crippen molar-refractivity contribution in [1.29, 1.82) is 0 Å². The van der Waals surface area contributed by atoms with Crippen molar-refractivity contribution in [2.75, 3.05) is 12.4 Å². The average molecular weight is 354 g/mol. The number of hydrogen-bond acceptors (Lipinski definition) is 3. The third-order valence-electron chi connectivity index (χ3n) is 4.70. The first kappa shape index (κ1) is 18.0. The summed E-state index contributed by atoms with van der Waals surface area (Å²) in [7, 11) is 1.67.